The average Bonchev–Trinajstić information content (AvgIpc) is 3.62. The highest BCUT2D eigenvalue weighted by atomic mass is 32.1. The van der Waals surface area contributed by atoms with Crippen LogP contribution >= 0.6 is 22.7 Å². The van der Waals surface area contributed by atoms with E-state index in [9.17, 15) is 19.2 Å². The summed E-state index contributed by atoms with van der Waals surface area (Å²) in [5.74, 6) is -1.43. The highest BCUT2D eigenvalue weighted by Gasteiger charge is 2.44. The van der Waals surface area contributed by atoms with Crippen molar-refractivity contribution in [3.8, 4) is 11.5 Å². The zero-order valence-corrected chi connectivity index (χ0v) is 21.1. The maximum atomic E-state index is 13.1. The number of ether oxygens (including phenoxy) is 2. The fourth-order valence-electron chi connectivity index (χ4n) is 5.16. The summed E-state index contributed by atoms with van der Waals surface area (Å²) in [5.41, 5.74) is 3.12. The van der Waals surface area contributed by atoms with Crippen molar-refractivity contribution in [2.75, 3.05) is 23.9 Å². The van der Waals surface area contributed by atoms with E-state index in [2.05, 4.69) is 0 Å². The molecule has 6 heterocycles. The molecule has 8 nitrogen and oxygen atoms in total. The molecule has 4 aliphatic rings. The zero-order chi connectivity index (χ0) is 25.2. The van der Waals surface area contributed by atoms with Crippen molar-refractivity contribution in [1.29, 1.82) is 0 Å². The second-order valence-electron chi connectivity index (χ2n) is 8.99. The molecule has 0 bridgehead atoms. The number of carbonyl (C=O) groups is 4. The van der Waals surface area contributed by atoms with Crippen molar-refractivity contribution in [1.82, 2.24) is 0 Å². The Balaban J connectivity index is 1.45. The van der Waals surface area contributed by atoms with Crippen molar-refractivity contribution in [3.05, 3.63) is 54.9 Å². The molecular formula is C26H16N2O6S2. The number of anilines is 2. The lowest BCUT2D eigenvalue weighted by molar-refractivity contribution is -0.127. The Bertz CT molecular complexity index is 1590. The van der Waals surface area contributed by atoms with E-state index in [1.165, 1.54) is 32.5 Å². The van der Waals surface area contributed by atoms with E-state index in [1.807, 2.05) is 26.0 Å². The number of likely N-dealkylation sites (N-methyl/N-ethyl adjacent to an activating group) is 2. The number of hydrogen-bond acceptors (Lipinski definition) is 8. The minimum atomic E-state index is -0.641. The standard InChI is InChI=1S/C26H16N2O6S2/c1-9-5-13-21(35-9)19(23(29)27(13)3)17-11-7-16-12(8-15(11)33-25(17)31)18(26(32)34-16)20-22-14(6-10(2)36-22)28(4)24(20)30/h5-8H,1-4H3/b19-17+,20-18+. The molecule has 0 N–H and O–H groups in total. The largest absolute Gasteiger partial charge is 0.422 e. The molecule has 2 amide bonds. The summed E-state index contributed by atoms with van der Waals surface area (Å²) in [7, 11) is 3.34. The fraction of sp³-hybridized carbons (Fsp3) is 0.154. The Morgan fingerprint density at radius 1 is 0.611 bits per heavy atom. The van der Waals surface area contributed by atoms with Gasteiger partial charge in [-0.25, -0.2) is 9.59 Å². The lowest BCUT2D eigenvalue weighted by Crippen LogP contribution is -2.21. The molecule has 0 atom stereocenters. The molecule has 0 saturated heterocycles. The summed E-state index contributed by atoms with van der Waals surface area (Å²) >= 11 is 2.87. The Hall–Kier alpha value is -4.02. The minimum absolute atomic E-state index is 0.148. The monoisotopic (exact) mass is 516 g/mol. The third kappa shape index (κ3) is 2.52. The highest BCUT2D eigenvalue weighted by Crippen LogP contribution is 2.53. The van der Waals surface area contributed by atoms with Crippen LogP contribution in [0.5, 0.6) is 11.5 Å². The topological polar surface area (TPSA) is 93.2 Å². The van der Waals surface area contributed by atoms with Gasteiger partial charge in [-0.3, -0.25) is 9.59 Å². The number of carbonyl (C=O) groups excluding carboxylic acids is 4. The van der Waals surface area contributed by atoms with Gasteiger partial charge in [-0.15, -0.1) is 22.7 Å². The number of amides is 2. The third-order valence-electron chi connectivity index (χ3n) is 6.82. The van der Waals surface area contributed by atoms with Crippen LogP contribution < -0.4 is 19.3 Å². The molecule has 7 rings (SSSR count). The van der Waals surface area contributed by atoms with Crippen LogP contribution in [0.25, 0.3) is 22.3 Å². The van der Waals surface area contributed by atoms with E-state index in [0.717, 1.165) is 21.1 Å². The van der Waals surface area contributed by atoms with Gasteiger partial charge < -0.3 is 19.3 Å². The van der Waals surface area contributed by atoms with Crippen LogP contribution in [0.2, 0.25) is 0 Å². The van der Waals surface area contributed by atoms with Gasteiger partial charge in [0.05, 0.1) is 43.4 Å². The maximum absolute atomic E-state index is 13.1. The third-order valence-corrected chi connectivity index (χ3v) is 8.93. The predicted molar refractivity (Wildman–Crippen MR) is 136 cm³/mol. The van der Waals surface area contributed by atoms with Crippen molar-refractivity contribution < 1.29 is 28.7 Å². The number of thiophene rings is 2. The second kappa shape index (κ2) is 6.80. The number of fused-ring (bicyclic) bond motifs is 4. The van der Waals surface area contributed by atoms with Gasteiger partial charge in [0.15, 0.2) is 0 Å². The van der Waals surface area contributed by atoms with Gasteiger partial charge in [-0.2, -0.15) is 0 Å². The fourth-order valence-corrected chi connectivity index (χ4v) is 7.33. The molecule has 3 aromatic rings. The Morgan fingerprint density at radius 2 is 1.00 bits per heavy atom. The van der Waals surface area contributed by atoms with Crippen LogP contribution in [0, 0.1) is 13.8 Å². The van der Waals surface area contributed by atoms with Gasteiger partial charge in [0.25, 0.3) is 11.8 Å². The molecule has 36 heavy (non-hydrogen) atoms. The van der Waals surface area contributed by atoms with Gasteiger partial charge >= 0.3 is 11.9 Å². The zero-order valence-electron chi connectivity index (χ0n) is 19.5. The summed E-state index contributed by atoms with van der Waals surface area (Å²) in [5, 5.41) is 0. The molecule has 0 aliphatic carbocycles. The molecule has 2 aromatic heterocycles. The van der Waals surface area contributed by atoms with Gasteiger partial charge in [-0.1, -0.05) is 0 Å². The highest BCUT2D eigenvalue weighted by molar-refractivity contribution is 7.15. The van der Waals surface area contributed by atoms with Gasteiger partial charge in [0.2, 0.25) is 0 Å². The molecule has 0 spiro atoms. The predicted octanol–water partition coefficient (Wildman–Crippen LogP) is 4.04. The first kappa shape index (κ1) is 21.3. The van der Waals surface area contributed by atoms with Crippen LogP contribution in [0.15, 0.2) is 24.3 Å². The van der Waals surface area contributed by atoms with E-state index in [-0.39, 0.29) is 45.6 Å². The van der Waals surface area contributed by atoms with Crippen molar-refractivity contribution >= 4 is 80.1 Å². The van der Waals surface area contributed by atoms with Crippen molar-refractivity contribution in [2.24, 2.45) is 0 Å². The first-order chi connectivity index (χ1) is 17.2. The normalized spacial score (nSPS) is 21.8. The van der Waals surface area contributed by atoms with E-state index in [4.69, 9.17) is 9.47 Å². The molecule has 0 fully saturated rings. The molecule has 178 valence electrons. The summed E-state index contributed by atoms with van der Waals surface area (Å²) in [6, 6.07) is 6.93. The summed E-state index contributed by atoms with van der Waals surface area (Å²) in [4.78, 5) is 58.8. The maximum Gasteiger partial charge on any atom is 0.345 e. The summed E-state index contributed by atoms with van der Waals surface area (Å²) in [6.45, 7) is 3.88. The SMILES string of the molecule is Cc1cc2c(s1)/C(=C1\C(=O)Oc3cc4c(cc31)OC(=O)/C4=C1/C(=O)N(C)c3cc(C)sc31)C(=O)N2C. The first-order valence-corrected chi connectivity index (χ1v) is 12.7. The Morgan fingerprint density at radius 3 is 1.39 bits per heavy atom. The molecule has 4 aliphatic heterocycles. The van der Waals surface area contributed by atoms with Gasteiger partial charge in [0, 0.05) is 35.0 Å². The number of nitrogens with zero attached hydrogens (tertiary/aromatic N) is 2. The Kier molecular flexibility index (Phi) is 4.02. The quantitative estimate of drug-likeness (QED) is 0.254. The van der Waals surface area contributed by atoms with Crippen LogP contribution in [0.3, 0.4) is 0 Å². The second-order valence-corrected chi connectivity index (χ2v) is 11.5. The number of benzene rings is 1. The molecule has 1 aromatic carbocycles. The van der Waals surface area contributed by atoms with Crippen LogP contribution in [-0.2, 0) is 19.2 Å². The Labute approximate surface area is 212 Å². The summed E-state index contributed by atoms with van der Waals surface area (Å²) in [6.07, 6.45) is 0. The number of esters is 2. The van der Waals surface area contributed by atoms with Gasteiger partial charge in [0.1, 0.15) is 11.5 Å². The lowest BCUT2D eigenvalue weighted by atomic mass is 9.95. The molecule has 0 unspecified atom stereocenters. The molecule has 0 radical (unpaired) electrons. The van der Waals surface area contributed by atoms with Gasteiger partial charge in [-0.05, 0) is 38.1 Å². The van der Waals surface area contributed by atoms with Crippen molar-refractivity contribution in [3.63, 3.8) is 0 Å². The molecular weight excluding hydrogens is 500 g/mol. The number of hydrogen-bond donors (Lipinski definition) is 0. The first-order valence-electron chi connectivity index (χ1n) is 11.0. The van der Waals surface area contributed by atoms with Crippen molar-refractivity contribution in [2.45, 2.75) is 13.8 Å². The molecule has 0 saturated carbocycles. The summed E-state index contributed by atoms with van der Waals surface area (Å²) < 4.78 is 11.2. The van der Waals surface area contributed by atoms with Crippen LogP contribution in [0.1, 0.15) is 30.6 Å². The van der Waals surface area contributed by atoms with E-state index < -0.39 is 11.9 Å². The minimum Gasteiger partial charge on any atom is -0.422 e. The lowest BCUT2D eigenvalue weighted by Gasteiger charge is -2.08. The van der Waals surface area contributed by atoms with Crippen LogP contribution in [0.4, 0.5) is 11.4 Å². The average molecular weight is 517 g/mol. The number of rotatable bonds is 0. The number of aryl methyl sites for hydroxylation is 2. The smallest absolute Gasteiger partial charge is 0.345 e. The molecule has 10 heteroatoms. The van der Waals surface area contributed by atoms with E-state index in [1.54, 1.807) is 26.2 Å². The van der Waals surface area contributed by atoms with Crippen LogP contribution in [-0.4, -0.2) is 37.8 Å². The van der Waals surface area contributed by atoms with E-state index in [0.29, 0.717) is 20.9 Å². The van der Waals surface area contributed by atoms with E-state index >= 15 is 0 Å².